The molecule has 32 heavy (non-hydrogen) atoms. The average molecular weight is 429 g/mol. The standard InChI is InChI=1S/C29H36N2O/c1-19(16-28(4,5)6)15-24-27-25(31-30-24)17-29(18-26(27)32,22-13-9-7-11-20(22)2)23-14-10-8-12-21(23)3/h7-14,19H,15-18H2,1-6H3,(H,30,31). The molecule has 0 spiro atoms. The van der Waals surface area contributed by atoms with Crippen molar-refractivity contribution < 1.29 is 4.79 Å². The van der Waals surface area contributed by atoms with Gasteiger partial charge in [-0.1, -0.05) is 76.2 Å². The van der Waals surface area contributed by atoms with Crippen molar-refractivity contribution in [1.29, 1.82) is 0 Å². The molecule has 1 aromatic heterocycles. The van der Waals surface area contributed by atoms with Crippen molar-refractivity contribution in [1.82, 2.24) is 10.2 Å². The van der Waals surface area contributed by atoms with E-state index in [1.165, 1.54) is 22.3 Å². The molecule has 3 heteroatoms. The second-order valence-electron chi connectivity index (χ2n) is 11.1. The first-order valence-corrected chi connectivity index (χ1v) is 11.8. The summed E-state index contributed by atoms with van der Waals surface area (Å²) < 4.78 is 0. The van der Waals surface area contributed by atoms with Gasteiger partial charge >= 0.3 is 0 Å². The summed E-state index contributed by atoms with van der Waals surface area (Å²) in [4.78, 5) is 13.8. The topological polar surface area (TPSA) is 45.8 Å². The Morgan fingerprint density at radius 3 is 2.06 bits per heavy atom. The lowest BCUT2D eigenvalue weighted by Crippen LogP contribution is -2.39. The molecule has 0 saturated carbocycles. The van der Waals surface area contributed by atoms with Crippen LogP contribution in [0.4, 0.5) is 0 Å². The van der Waals surface area contributed by atoms with E-state index in [1.807, 2.05) is 0 Å². The zero-order valence-electron chi connectivity index (χ0n) is 20.4. The molecule has 2 aromatic carbocycles. The molecule has 0 amide bonds. The SMILES string of the molecule is Cc1ccccc1C1(c2ccccc2C)CC(=O)c2c(CC(C)CC(C)(C)C)n[nH]c2C1. The van der Waals surface area contributed by atoms with Crippen molar-refractivity contribution in [3.05, 3.63) is 87.7 Å². The normalized spacial score (nSPS) is 16.6. The van der Waals surface area contributed by atoms with Gasteiger partial charge in [0.05, 0.1) is 11.3 Å². The number of carbonyl (C=O) groups excluding carboxylic acids is 1. The van der Waals surface area contributed by atoms with Gasteiger partial charge in [-0.25, -0.2) is 0 Å². The Hall–Kier alpha value is -2.68. The van der Waals surface area contributed by atoms with Crippen LogP contribution in [0.5, 0.6) is 0 Å². The molecule has 168 valence electrons. The third-order valence-corrected chi connectivity index (χ3v) is 6.96. The Labute approximate surface area is 192 Å². The highest BCUT2D eigenvalue weighted by atomic mass is 16.1. The van der Waals surface area contributed by atoms with Crippen LogP contribution < -0.4 is 0 Å². The summed E-state index contributed by atoms with van der Waals surface area (Å²) in [7, 11) is 0. The monoisotopic (exact) mass is 428 g/mol. The number of benzene rings is 2. The first-order valence-electron chi connectivity index (χ1n) is 11.8. The molecule has 0 fully saturated rings. The van der Waals surface area contributed by atoms with E-state index in [9.17, 15) is 4.79 Å². The quantitative estimate of drug-likeness (QED) is 0.488. The molecule has 0 radical (unpaired) electrons. The molecule has 0 aliphatic heterocycles. The molecule has 0 bridgehead atoms. The molecule has 1 N–H and O–H groups in total. The van der Waals surface area contributed by atoms with E-state index < -0.39 is 0 Å². The molecule has 3 nitrogen and oxygen atoms in total. The number of nitrogens with one attached hydrogen (secondary N) is 1. The van der Waals surface area contributed by atoms with Crippen LogP contribution in [0.1, 0.15) is 84.5 Å². The van der Waals surface area contributed by atoms with E-state index in [4.69, 9.17) is 0 Å². The first kappa shape index (κ1) is 22.5. The van der Waals surface area contributed by atoms with Crippen molar-refractivity contribution in [3.63, 3.8) is 0 Å². The maximum absolute atomic E-state index is 13.8. The van der Waals surface area contributed by atoms with Gasteiger partial charge in [0.1, 0.15) is 0 Å². The number of rotatable bonds is 5. The predicted molar refractivity (Wildman–Crippen MR) is 131 cm³/mol. The average Bonchev–Trinajstić information content (AvgIpc) is 3.09. The predicted octanol–water partition coefficient (Wildman–Crippen LogP) is 6.76. The number of nitrogens with zero attached hydrogens (tertiary/aromatic N) is 1. The Morgan fingerprint density at radius 1 is 0.969 bits per heavy atom. The number of fused-ring (bicyclic) bond motifs is 1. The summed E-state index contributed by atoms with van der Waals surface area (Å²) in [6.45, 7) is 13.4. The second-order valence-corrected chi connectivity index (χ2v) is 11.1. The Morgan fingerprint density at radius 2 is 1.53 bits per heavy atom. The fourth-order valence-electron chi connectivity index (χ4n) is 5.95. The van der Waals surface area contributed by atoms with Crippen LogP contribution in [0.2, 0.25) is 0 Å². The summed E-state index contributed by atoms with van der Waals surface area (Å²) in [5.74, 6) is 0.694. The highest BCUT2D eigenvalue weighted by Crippen LogP contribution is 2.46. The van der Waals surface area contributed by atoms with E-state index in [1.54, 1.807) is 0 Å². The number of carbonyl (C=O) groups is 1. The number of aromatic nitrogens is 2. The number of aryl methyl sites for hydroxylation is 2. The molecule has 4 rings (SSSR count). The van der Waals surface area contributed by atoms with Crippen LogP contribution in [-0.4, -0.2) is 16.0 Å². The van der Waals surface area contributed by atoms with Gasteiger partial charge in [-0.3, -0.25) is 9.89 Å². The van der Waals surface area contributed by atoms with Crippen molar-refractivity contribution >= 4 is 5.78 Å². The maximum Gasteiger partial charge on any atom is 0.167 e. The number of hydrogen-bond donors (Lipinski definition) is 1. The summed E-state index contributed by atoms with van der Waals surface area (Å²) in [5, 5.41) is 7.96. The molecule has 3 aromatic rings. The lowest BCUT2D eigenvalue weighted by molar-refractivity contribution is 0.0944. The fourth-order valence-corrected chi connectivity index (χ4v) is 5.95. The minimum atomic E-state index is -0.373. The lowest BCUT2D eigenvalue weighted by atomic mass is 9.62. The van der Waals surface area contributed by atoms with Crippen molar-refractivity contribution in [2.75, 3.05) is 0 Å². The highest BCUT2D eigenvalue weighted by molar-refractivity contribution is 6.01. The van der Waals surface area contributed by atoms with Gasteiger partial charge in [-0.05, 0) is 60.3 Å². The van der Waals surface area contributed by atoms with Crippen LogP contribution in [-0.2, 0) is 18.3 Å². The third kappa shape index (κ3) is 4.18. The smallest absolute Gasteiger partial charge is 0.167 e. The molecule has 0 saturated heterocycles. The van der Waals surface area contributed by atoms with Crippen LogP contribution in [0.15, 0.2) is 48.5 Å². The van der Waals surface area contributed by atoms with E-state index in [2.05, 4.69) is 100 Å². The van der Waals surface area contributed by atoms with Gasteiger partial charge in [0, 0.05) is 24.0 Å². The first-order chi connectivity index (χ1) is 15.1. The van der Waals surface area contributed by atoms with Gasteiger partial charge in [0.15, 0.2) is 5.78 Å². The number of Topliss-reactive ketones (excluding diaryl/α,β-unsaturated/α-hetero) is 1. The zero-order chi connectivity index (χ0) is 23.1. The lowest BCUT2D eigenvalue weighted by Gasteiger charge is -2.39. The second kappa shape index (κ2) is 8.35. The fraction of sp³-hybridized carbons (Fsp3) is 0.448. The molecular formula is C29H36N2O. The van der Waals surface area contributed by atoms with Crippen molar-refractivity contribution in [2.24, 2.45) is 11.3 Å². The zero-order valence-corrected chi connectivity index (χ0v) is 20.4. The van der Waals surface area contributed by atoms with E-state index in [-0.39, 0.29) is 16.6 Å². The van der Waals surface area contributed by atoms with Crippen molar-refractivity contribution in [3.8, 4) is 0 Å². The number of H-pyrrole nitrogens is 1. The van der Waals surface area contributed by atoms with Gasteiger partial charge in [-0.2, -0.15) is 5.10 Å². The summed E-state index contributed by atoms with van der Waals surface area (Å²) in [5.41, 5.74) is 7.62. The minimum absolute atomic E-state index is 0.212. The Balaban J connectivity index is 1.78. The summed E-state index contributed by atoms with van der Waals surface area (Å²) in [6.07, 6.45) is 3.20. The van der Waals surface area contributed by atoms with Gasteiger partial charge < -0.3 is 0 Å². The molecular weight excluding hydrogens is 392 g/mol. The molecule has 1 heterocycles. The number of hydrogen-bond acceptors (Lipinski definition) is 2. The minimum Gasteiger partial charge on any atom is -0.294 e. The number of ketones is 1. The Bertz CT molecular complexity index is 1090. The van der Waals surface area contributed by atoms with E-state index in [0.717, 1.165) is 36.2 Å². The van der Waals surface area contributed by atoms with E-state index >= 15 is 0 Å². The molecule has 1 unspecified atom stereocenters. The Kier molecular flexibility index (Phi) is 5.87. The van der Waals surface area contributed by atoms with Gasteiger partial charge in [-0.15, -0.1) is 0 Å². The highest BCUT2D eigenvalue weighted by Gasteiger charge is 2.45. The molecule has 1 aliphatic rings. The number of aromatic amines is 1. The van der Waals surface area contributed by atoms with Gasteiger partial charge in [0.25, 0.3) is 0 Å². The largest absolute Gasteiger partial charge is 0.294 e. The van der Waals surface area contributed by atoms with Crippen molar-refractivity contribution in [2.45, 2.75) is 72.6 Å². The van der Waals surface area contributed by atoms with Crippen LogP contribution in [0.25, 0.3) is 0 Å². The molecule has 1 aliphatic carbocycles. The summed E-state index contributed by atoms with van der Waals surface area (Å²) in [6, 6.07) is 17.0. The summed E-state index contributed by atoms with van der Waals surface area (Å²) >= 11 is 0. The maximum atomic E-state index is 13.8. The van der Waals surface area contributed by atoms with Crippen LogP contribution in [0, 0.1) is 25.2 Å². The van der Waals surface area contributed by atoms with Crippen LogP contribution >= 0.6 is 0 Å². The van der Waals surface area contributed by atoms with Crippen LogP contribution in [0.3, 0.4) is 0 Å². The van der Waals surface area contributed by atoms with E-state index in [0.29, 0.717) is 12.3 Å². The third-order valence-electron chi connectivity index (χ3n) is 6.96. The molecule has 1 atom stereocenters. The van der Waals surface area contributed by atoms with Gasteiger partial charge in [0.2, 0.25) is 0 Å².